The summed E-state index contributed by atoms with van der Waals surface area (Å²) >= 11 is 0. The van der Waals surface area contributed by atoms with E-state index in [1.807, 2.05) is 24.3 Å². The zero-order chi connectivity index (χ0) is 19.6. The third-order valence-electron chi connectivity index (χ3n) is 4.94. The molecule has 29 heavy (non-hydrogen) atoms. The van der Waals surface area contributed by atoms with Gasteiger partial charge in [0, 0.05) is 23.7 Å². The van der Waals surface area contributed by atoms with Crippen molar-refractivity contribution in [2.45, 2.75) is 43.2 Å². The SMILES string of the molecule is Cl.NCc1ccc(-c2noc(-c3cccc(S(=O)(=O)NC4CCCC4)c3)n2)cc1. The van der Waals surface area contributed by atoms with E-state index in [4.69, 9.17) is 10.3 Å². The number of hydrogen-bond acceptors (Lipinski definition) is 6. The topological polar surface area (TPSA) is 111 Å². The molecule has 0 spiro atoms. The Morgan fingerprint density at radius 2 is 1.79 bits per heavy atom. The average Bonchev–Trinajstić information content (AvgIpc) is 3.40. The molecule has 2 aromatic carbocycles. The van der Waals surface area contributed by atoms with Gasteiger partial charge in [-0.3, -0.25) is 0 Å². The van der Waals surface area contributed by atoms with Gasteiger partial charge in [-0.15, -0.1) is 12.4 Å². The molecule has 0 radical (unpaired) electrons. The molecule has 1 heterocycles. The van der Waals surface area contributed by atoms with Crippen LogP contribution >= 0.6 is 12.4 Å². The third-order valence-corrected chi connectivity index (χ3v) is 6.46. The Bertz CT molecular complexity index is 1060. The van der Waals surface area contributed by atoms with E-state index in [1.54, 1.807) is 24.3 Å². The van der Waals surface area contributed by atoms with Crippen LogP contribution in [0.1, 0.15) is 31.2 Å². The van der Waals surface area contributed by atoms with Crippen molar-refractivity contribution >= 4 is 22.4 Å². The number of nitrogens with zero attached hydrogens (tertiary/aromatic N) is 2. The lowest BCUT2D eigenvalue weighted by atomic mass is 10.1. The van der Waals surface area contributed by atoms with Gasteiger partial charge in [-0.1, -0.05) is 48.3 Å². The predicted molar refractivity (Wildman–Crippen MR) is 113 cm³/mol. The van der Waals surface area contributed by atoms with Gasteiger partial charge >= 0.3 is 0 Å². The molecule has 1 fully saturated rings. The van der Waals surface area contributed by atoms with Gasteiger partial charge in [0.25, 0.3) is 5.89 Å². The minimum absolute atomic E-state index is 0. The predicted octanol–water partition coefficient (Wildman–Crippen LogP) is 3.51. The zero-order valence-electron chi connectivity index (χ0n) is 15.7. The first-order valence-electron chi connectivity index (χ1n) is 9.31. The van der Waals surface area contributed by atoms with Crippen LogP contribution in [0.3, 0.4) is 0 Å². The summed E-state index contributed by atoms with van der Waals surface area (Å²) in [4.78, 5) is 4.61. The van der Waals surface area contributed by atoms with Crippen molar-refractivity contribution in [2.24, 2.45) is 5.73 Å². The number of rotatable bonds is 6. The second-order valence-electron chi connectivity index (χ2n) is 6.95. The summed E-state index contributed by atoms with van der Waals surface area (Å²) in [7, 11) is -3.58. The number of halogens is 1. The third kappa shape index (κ3) is 4.84. The van der Waals surface area contributed by atoms with Gasteiger partial charge in [0.05, 0.1) is 4.90 Å². The van der Waals surface area contributed by atoms with E-state index in [1.165, 1.54) is 0 Å². The van der Waals surface area contributed by atoms with Crippen molar-refractivity contribution in [1.29, 1.82) is 0 Å². The molecule has 1 aliphatic carbocycles. The summed E-state index contributed by atoms with van der Waals surface area (Å²) in [6, 6.07) is 14.2. The standard InChI is InChI=1S/C20H22N4O3S.ClH/c21-13-14-8-10-15(11-9-14)19-22-20(27-23-19)16-4-3-7-18(12-16)28(25,26)24-17-5-1-2-6-17;/h3-4,7-12,17,24H,1-2,5-6,13,21H2;1H. The van der Waals surface area contributed by atoms with Gasteiger partial charge in [-0.05, 0) is 36.6 Å². The summed E-state index contributed by atoms with van der Waals surface area (Å²) in [6.45, 7) is 0.466. The maximum absolute atomic E-state index is 12.7. The van der Waals surface area contributed by atoms with Crippen LogP contribution in [0.15, 0.2) is 57.9 Å². The van der Waals surface area contributed by atoms with Crippen molar-refractivity contribution in [3.05, 3.63) is 54.1 Å². The molecule has 1 aromatic heterocycles. The Labute approximate surface area is 176 Å². The normalized spacial score (nSPS) is 14.7. The lowest BCUT2D eigenvalue weighted by molar-refractivity contribution is 0.432. The Morgan fingerprint density at radius 1 is 1.07 bits per heavy atom. The zero-order valence-corrected chi connectivity index (χ0v) is 17.4. The molecule has 7 nitrogen and oxygen atoms in total. The fourth-order valence-corrected chi connectivity index (χ4v) is 4.73. The highest BCUT2D eigenvalue weighted by atomic mass is 35.5. The number of benzene rings is 2. The quantitative estimate of drug-likeness (QED) is 0.614. The van der Waals surface area contributed by atoms with Crippen LogP contribution in [0, 0.1) is 0 Å². The number of sulfonamides is 1. The van der Waals surface area contributed by atoms with Crippen LogP contribution in [0.2, 0.25) is 0 Å². The van der Waals surface area contributed by atoms with Gasteiger partial charge in [-0.2, -0.15) is 4.98 Å². The van der Waals surface area contributed by atoms with Crippen LogP contribution in [0.5, 0.6) is 0 Å². The van der Waals surface area contributed by atoms with E-state index >= 15 is 0 Å². The van der Waals surface area contributed by atoms with E-state index in [0.29, 0.717) is 17.9 Å². The minimum atomic E-state index is -3.58. The lowest BCUT2D eigenvalue weighted by Crippen LogP contribution is -2.32. The Morgan fingerprint density at radius 3 is 2.48 bits per heavy atom. The molecular weight excluding hydrogens is 412 g/mol. The Balaban J connectivity index is 0.00000240. The second-order valence-corrected chi connectivity index (χ2v) is 8.67. The van der Waals surface area contributed by atoms with Gasteiger partial charge in [-0.25, -0.2) is 13.1 Å². The smallest absolute Gasteiger partial charge is 0.258 e. The number of aromatic nitrogens is 2. The fourth-order valence-electron chi connectivity index (χ4n) is 3.38. The second kappa shape index (κ2) is 9.04. The average molecular weight is 435 g/mol. The van der Waals surface area contributed by atoms with E-state index in [0.717, 1.165) is 36.8 Å². The molecule has 0 unspecified atom stereocenters. The highest BCUT2D eigenvalue weighted by Crippen LogP contribution is 2.26. The largest absolute Gasteiger partial charge is 0.334 e. The van der Waals surface area contributed by atoms with Crippen LogP contribution in [-0.2, 0) is 16.6 Å². The molecule has 4 rings (SSSR count). The first-order valence-corrected chi connectivity index (χ1v) is 10.8. The summed E-state index contributed by atoms with van der Waals surface area (Å²) < 4.78 is 33.5. The number of hydrogen-bond donors (Lipinski definition) is 2. The van der Waals surface area contributed by atoms with Crippen molar-refractivity contribution < 1.29 is 12.9 Å². The molecule has 9 heteroatoms. The molecule has 3 aromatic rings. The first-order chi connectivity index (χ1) is 13.5. The van der Waals surface area contributed by atoms with Crippen molar-refractivity contribution in [3.8, 4) is 22.8 Å². The highest BCUT2D eigenvalue weighted by Gasteiger charge is 2.23. The van der Waals surface area contributed by atoms with Crippen LogP contribution < -0.4 is 10.5 Å². The number of nitrogens with two attached hydrogens (primary N) is 1. The summed E-state index contributed by atoms with van der Waals surface area (Å²) in [6.07, 6.45) is 3.89. The monoisotopic (exact) mass is 434 g/mol. The Hall–Kier alpha value is -2.26. The van der Waals surface area contributed by atoms with E-state index in [-0.39, 0.29) is 29.2 Å². The highest BCUT2D eigenvalue weighted by molar-refractivity contribution is 7.89. The van der Waals surface area contributed by atoms with E-state index in [2.05, 4.69) is 14.9 Å². The van der Waals surface area contributed by atoms with Crippen molar-refractivity contribution in [3.63, 3.8) is 0 Å². The summed E-state index contributed by atoms with van der Waals surface area (Å²) in [5, 5.41) is 4.01. The molecule has 0 atom stereocenters. The van der Waals surface area contributed by atoms with E-state index in [9.17, 15) is 8.42 Å². The van der Waals surface area contributed by atoms with Crippen LogP contribution in [0.4, 0.5) is 0 Å². The van der Waals surface area contributed by atoms with Gasteiger partial charge in [0.15, 0.2) is 0 Å². The lowest BCUT2D eigenvalue weighted by Gasteiger charge is -2.12. The maximum atomic E-state index is 12.7. The molecular formula is C20H23ClN4O3S. The molecule has 1 aliphatic rings. The molecule has 154 valence electrons. The Kier molecular flexibility index (Phi) is 6.69. The first kappa shape index (κ1) is 21.4. The fraction of sp³-hybridized carbons (Fsp3) is 0.300. The van der Waals surface area contributed by atoms with Crippen LogP contribution in [0.25, 0.3) is 22.8 Å². The molecule has 1 saturated carbocycles. The van der Waals surface area contributed by atoms with Gasteiger partial charge in [0.1, 0.15) is 0 Å². The summed E-state index contributed by atoms with van der Waals surface area (Å²) in [5.74, 6) is 0.715. The van der Waals surface area contributed by atoms with Gasteiger partial charge in [0.2, 0.25) is 15.8 Å². The minimum Gasteiger partial charge on any atom is -0.334 e. The van der Waals surface area contributed by atoms with Gasteiger partial charge < -0.3 is 10.3 Å². The van der Waals surface area contributed by atoms with Crippen molar-refractivity contribution in [1.82, 2.24) is 14.9 Å². The van der Waals surface area contributed by atoms with Crippen LogP contribution in [-0.4, -0.2) is 24.6 Å². The molecule has 0 aliphatic heterocycles. The van der Waals surface area contributed by atoms with E-state index < -0.39 is 10.0 Å². The number of nitrogens with one attached hydrogen (secondary N) is 1. The maximum Gasteiger partial charge on any atom is 0.258 e. The molecule has 0 saturated heterocycles. The van der Waals surface area contributed by atoms with Crippen molar-refractivity contribution in [2.75, 3.05) is 0 Å². The molecule has 3 N–H and O–H groups in total. The summed E-state index contributed by atoms with van der Waals surface area (Å²) in [5.41, 5.74) is 8.00. The molecule has 0 amide bonds. The molecule has 0 bridgehead atoms.